The topological polar surface area (TPSA) is 63.2 Å². The van der Waals surface area contributed by atoms with Gasteiger partial charge in [0.1, 0.15) is 16.6 Å². The second kappa shape index (κ2) is 15.0. The first-order valence-corrected chi connectivity index (χ1v) is 16.8. The van der Waals surface area contributed by atoms with E-state index >= 15 is 0 Å². The van der Waals surface area contributed by atoms with Crippen LogP contribution >= 0.6 is 24.6 Å². The van der Waals surface area contributed by atoms with E-state index in [4.69, 9.17) is 19.7 Å². The molecule has 1 N–H and O–H groups in total. The number of thiol groups is 1. The molecular weight excluding hydrogens is 571 g/mol. The number of aromatic nitrogens is 3. The van der Waals surface area contributed by atoms with Gasteiger partial charge in [-0.3, -0.25) is 4.98 Å². The fourth-order valence-corrected chi connectivity index (χ4v) is 6.02. The maximum Gasteiger partial charge on any atom is 0.155 e. The van der Waals surface area contributed by atoms with Gasteiger partial charge in [-0.2, -0.15) is 12.6 Å². The SMILES string of the molecule is CC(C)(C)CCOc1cccc(-c2ncc3nc2-c2ccccc2CCCCCCN(CCS)c2cccc(n2)SN3)c1. The van der Waals surface area contributed by atoms with E-state index in [2.05, 4.69) is 91.6 Å². The number of pyridine rings is 1. The summed E-state index contributed by atoms with van der Waals surface area (Å²) in [5, 5.41) is 0.888. The van der Waals surface area contributed by atoms with Crippen LogP contribution < -0.4 is 14.4 Å². The van der Waals surface area contributed by atoms with Crippen molar-refractivity contribution < 1.29 is 4.74 Å². The maximum atomic E-state index is 6.16. The van der Waals surface area contributed by atoms with Crippen molar-refractivity contribution in [3.63, 3.8) is 0 Å². The fraction of sp³-hybridized carbons (Fsp3) is 0.400. The van der Waals surface area contributed by atoms with Crippen molar-refractivity contribution in [1.29, 1.82) is 0 Å². The van der Waals surface area contributed by atoms with Gasteiger partial charge in [-0.15, -0.1) is 0 Å². The minimum atomic E-state index is 0.223. The summed E-state index contributed by atoms with van der Waals surface area (Å²) in [6, 6.07) is 23.1. The Kier molecular flexibility index (Phi) is 10.9. The van der Waals surface area contributed by atoms with Crippen LogP contribution in [0, 0.1) is 5.41 Å². The van der Waals surface area contributed by atoms with Crippen molar-refractivity contribution >= 4 is 36.2 Å². The summed E-state index contributed by atoms with van der Waals surface area (Å²) < 4.78 is 9.58. The van der Waals surface area contributed by atoms with Gasteiger partial charge in [0.2, 0.25) is 0 Å². The van der Waals surface area contributed by atoms with Gasteiger partial charge in [0.25, 0.3) is 0 Å². The predicted molar refractivity (Wildman–Crippen MR) is 184 cm³/mol. The molecule has 3 heterocycles. The van der Waals surface area contributed by atoms with Crippen LogP contribution in [0.2, 0.25) is 0 Å². The summed E-state index contributed by atoms with van der Waals surface area (Å²) >= 11 is 5.96. The monoisotopic (exact) mass is 613 g/mol. The lowest BCUT2D eigenvalue weighted by Crippen LogP contribution is -2.27. The zero-order valence-electron chi connectivity index (χ0n) is 25.6. The predicted octanol–water partition coefficient (Wildman–Crippen LogP) is 8.99. The number of fused-ring (bicyclic) bond motifs is 6. The first kappa shape index (κ1) is 31.2. The van der Waals surface area contributed by atoms with Crippen molar-refractivity contribution in [3.8, 4) is 28.3 Å². The number of ether oxygens (including phenoxy) is 1. The van der Waals surface area contributed by atoms with Crippen LogP contribution in [0.4, 0.5) is 11.6 Å². The molecule has 0 fully saturated rings. The van der Waals surface area contributed by atoms with Crippen LogP contribution in [0.3, 0.4) is 0 Å². The molecule has 2 aromatic heterocycles. The third-order valence-electron chi connectivity index (χ3n) is 7.56. The highest BCUT2D eigenvalue weighted by molar-refractivity contribution is 8.00. The second-order valence-electron chi connectivity index (χ2n) is 12.2. The smallest absolute Gasteiger partial charge is 0.155 e. The van der Waals surface area contributed by atoms with E-state index in [9.17, 15) is 0 Å². The van der Waals surface area contributed by atoms with Crippen molar-refractivity contribution in [2.75, 3.05) is 35.1 Å². The molecule has 0 unspecified atom stereocenters. The zero-order chi connectivity index (χ0) is 30.1. The molecule has 226 valence electrons. The van der Waals surface area contributed by atoms with Crippen LogP contribution in [0.25, 0.3) is 22.5 Å². The van der Waals surface area contributed by atoms with Gasteiger partial charge in [-0.25, -0.2) is 9.97 Å². The van der Waals surface area contributed by atoms with Gasteiger partial charge >= 0.3 is 0 Å². The number of rotatable bonds is 6. The number of hydrogen-bond donors (Lipinski definition) is 2. The van der Waals surface area contributed by atoms with E-state index in [1.807, 2.05) is 24.4 Å². The molecule has 43 heavy (non-hydrogen) atoms. The van der Waals surface area contributed by atoms with Gasteiger partial charge in [0, 0.05) is 41.9 Å². The summed E-state index contributed by atoms with van der Waals surface area (Å²) in [4.78, 5) is 17.4. The first-order chi connectivity index (χ1) is 20.9. The summed E-state index contributed by atoms with van der Waals surface area (Å²) in [5.41, 5.74) is 5.37. The molecule has 0 saturated heterocycles. The molecule has 6 nitrogen and oxygen atoms in total. The molecule has 0 aliphatic carbocycles. The maximum absolute atomic E-state index is 6.16. The Bertz CT molecular complexity index is 1490. The van der Waals surface area contributed by atoms with Crippen LogP contribution in [-0.4, -0.2) is 40.4 Å². The van der Waals surface area contributed by atoms with Gasteiger partial charge in [0.15, 0.2) is 5.82 Å². The highest BCUT2D eigenvalue weighted by Gasteiger charge is 2.17. The molecule has 0 saturated carbocycles. The van der Waals surface area contributed by atoms with E-state index in [0.29, 0.717) is 12.4 Å². The van der Waals surface area contributed by atoms with Crippen molar-refractivity contribution in [2.45, 2.75) is 64.3 Å². The lowest BCUT2D eigenvalue weighted by molar-refractivity contribution is 0.243. The number of anilines is 2. The number of nitrogens with one attached hydrogen (secondary N) is 1. The molecule has 8 heteroatoms. The van der Waals surface area contributed by atoms with Gasteiger partial charge in [-0.05, 0) is 60.9 Å². The van der Waals surface area contributed by atoms with Crippen LogP contribution in [-0.2, 0) is 6.42 Å². The third kappa shape index (κ3) is 8.89. The van der Waals surface area contributed by atoms with Crippen molar-refractivity contribution in [1.82, 2.24) is 15.0 Å². The molecule has 0 amide bonds. The van der Waals surface area contributed by atoms with E-state index in [1.54, 1.807) is 0 Å². The fourth-order valence-electron chi connectivity index (χ4n) is 5.19. The van der Waals surface area contributed by atoms with Crippen LogP contribution in [0.1, 0.15) is 58.4 Å². The largest absolute Gasteiger partial charge is 0.494 e. The zero-order valence-corrected chi connectivity index (χ0v) is 27.3. The van der Waals surface area contributed by atoms with Crippen molar-refractivity contribution in [2.24, 2.45) is 5.41 Å². The van der Waals surface area contributed by atoms with Gasteiger partial charge in [-0.1, -0.05) is 76.1 Å². The lowest BCUT2D eigenvalue weighted by Gasteiger charge is -2.23. The number of hydrogen-bond acceptors (Lipinski definition) is 8. The molecule has 5 rings (SSSR count). The normalized spacial score (nSPS) is 14.4. The van der Waals surface area contributed by atoms with E-state index in [0.717, 1.165) is 83.6 Å². The summed E-state index contributed by atoms with van der Waals surface area (Å²) in [6.07, 6.45) is 8.43. The van der Waals surface area contributed by atoms with Crippen LogP contribution in [0.5, 0.6) is 5.75 Å². The number of nitrogens with zero attached hydrogens (tertiary/aromatic N) is 4. The molecule has 0 spiro atoms. The third-order valence-corrected chi connectivity index (χ3v) is 8.51. The minimum Gasteiger partial charge on any atom is -0.494 e. The van der Waals surface area contributed by atoms with Gasteiger partial charge < -0.3 is 14.4 Å². The van der Waals surface area contributed by atoms with Crippen molar-refractivity contribution in [3.05, 3.63) is 78.5 Å². The molecule has 1 aliphatic heterocycles. The Balaban J connectivity index is 1.50. The second-order valence-corrected chi connectivity index (χ2v) is 13.5. The molecule has 0 atom stereocenters. The van der Waals surface area contributed by atoms with Crippen LogP contribution in [0.15, 0.2) is 78.0 Å². The lowest BCUT2D eigenvalue weighted by atomic mass is 9.93. The minimum absolute atomic E-state index is 0.223. The molecule has 4 aromatic rings. The highest BCUT2D eigenvalue weighted by atomic mass is 32.2. The average Bonchev–Trinajstić information content (AvgIpc) is 3.00. The first-order valence-electron chi connectivity index (χ1n) is 15.3. The Morgan fingerprint density at radius 3 is 2.63 bits per heavy atom. The van der Waals surface area contributed by atoms with Gasteiger partial charge in [0.05, 0.1) is 24.2 Å². The molecule has 0 radical (unpaired) electrons. The van der Waals surface area contributed by atoms with E-state index < -0.39 is 0 Å². The quantitative estimate of drug-likeness (QED) is 0.166. The standard InChI is InChI=1S/C35H43N5OS2/c1-35(2,3)19-22-41-28-15-10-14-27(24-28)33-34-29-16-8-7-13-26(29)12-6-4-5-9-20-40(21-23-42)31-17-11-18-32(38-31)43-39-30(37-34)25-36-33/h7-8,10-11,13-18,24-25,42H,4-6,9,12,19-23H2,1-3H3,(H,37,39). The summed E-state index contributed by atoms with van der Waals surface area (Å²) in [5.74, 6) is 3.33. The Morgan fingerprint density at radius 2 is 1.77 bits per heavy atom. The van der Waals surface area contributed by atoms with E-state index in [-0.39, 0.29) is 5.41 Å². The highest BCUT2D eigenvalue weighted by Crippen LogP contribution is 2.35. The number of aryl methyl sites for hydroxylation is 1. The Hall–Kier alpha value is -3.23. The summed E-state index contributed by atoms with van der Waals surface area (Å²) in [7, 11) is 0. The Morgan fingerprint density at radius 1 is 0.930 bits per heavy atom. The summed E-state index contributed by atoms with van der Waals surface area (Å²) in [6.45, 7) is 9.25. The Labute approximate surface area is 266 Å². The average molecular weight is 614 g/mol. The molecule has 1 aliphatic rings. The van der Waals surface area contributed by atoms with E-state index in [1.165, 1.54) is 30.4 Å². The molecule has 2 aromatic carbocycles. The number of benzene rings is 2. The molecule has 4 bridgehead atoms. The molecular formula is C35H43N5OS2.